The third kappa shape index (κ3) is 4.22. The Morgan fingerprint density at radius 2 is 1.84 bits per heavy atom. The van der Waals surface area contributed by atoms with Crippen LogP contribution in [0.4, 0.5) is 15.8 Å². The second-order valence-corrected chi connectivity index (χ2v) is 10.1. The van der Waals surface area contributed by atoms with E-state index in [9.17, 15) is 23.6 Å². The van der Waals surface area contributed by atoms with Gasteiger partial charge in [-0.3, -0.25) is 34.3 Å². The van der Waals surface area contributed by atoms with E-state index in [0.29, 0.717) is 39.8 Å². The third-order valence-corrected chi connectivity index (χ3v) is 7.66. The van der Waals surface area contributed by atoms with Crippen LogP contribution in [-0.4, -0.2) is 47.7 Å². The van der Waals surface area contributed by atoms with Crippen molar-refractivity contribution in [2.45, 2.75) is 44.7 Å². The fraction of sp³-hybridized carbons (Fsp3) is 0.310. The van der Waals surface area contributed by atoms with E-state index in [1.165, 1.54) is 17.4 Å². The van der Waals surface area contributed by atoms with Crippen LogP contribution in [0.1, 0.15) is 58.4 Å². The lowest BCUT2D eigenvalue weighted by atomic mass is 10.0. The van der Waals surface area contributed by atoms with Crippen molar-refractivity contribution in [2.24, 2.45) is 0 Å². The Bertz CT molecular complexity index is 1500. The quantitative estimate of drug-likeness (QED) is 0.502. The summed E-state index contributed by atoms with van der Waals surface area (Å²) in [4.78, 5) is 54.2. The third-order valence-electron chi connectivity index (χ3n) is 7.66. The van der Waals surface area contributed by atoms with Gasteiger partial charge in [-0.15, -0.1) is 0 Å². The molecule has 9 heteroatoms. The summed E-state index contributed by atoms with van der Waals surface area (Å²) in [6.07, 6.45) is 3.84. The standard InChI is InChI=1S/C29H27FN4O4/c30-21-15-17(7-8-18(21)16-33-13-2-1-3-14-33)27(36)31-22-9-10-23-26-19(22)5-4-6-20(26)29(38)34(23)24-11-12-25(35)32-28(24)37/h4-10,15,24H,1-3,11-14,16H2,(H,31,36)(H,32,35,37). The number of imide groups is 1. The Hall–Kier alpha value is -4.11. The van der Waals surface area contributed by atoms with Gasteiger partial charge in [0.15, 0.2) is 0 Å². The topological polar surface area (TPSA) is 98.8 Å². The molecule has 0 radical (unpaired) electrons. The molecule has 0 bridgehead atoms. The van der Waals surface area contributed by atoms with Crippen molar-refractivity contribution < 1.29 is 23.6 Å². The first-order chi connectivity index (χ1) is 18.4. The zero-order valence-electron chi connectivity index (χ0n) is 20.8. The summed E-state index contributed by atoms with van der Waals surface area (Å²) in [5, 5.41) is 6.44. The summed E-state index contributed by atoms with van der Waals surface area (Å²) in [5.41, 5.74) is 2.23. The van der Waals surface area contributed by atoms with Crippen molar-refractivity contribution in [1.29, 1.82) is 0 Å². The average molecular weight is 515 g/mol. The van der Waals surface area contributed by atoms with Gasteiger partial charge in [0, 0.05) is 46.1 Å². The number of amides is 4. The lowest BCUT2D eigenvalue weighted by Crippen LogP contribution is -2.53. The summed E-state index contributed by atoms with van der Waals surface area (Å²) < 4.78 is 14.9. The van der Waals surface area contributed by atoms with Crippen molar-refractivity contribution in [3.63, 3.8) is 0 Å². The van der Waals surface area contributed by atoms with E-state index in [-0.39, 0.29) is 30.2 Å². The molecule has 0 aliphatic carbocycles. The van der Waals surface area contributed by atoms with Crippen LogP contribution in [0.3, 0.4) is 0 Å². The highest BCUT2D eigenvalue weighted by molar-refractivity contribution is 6.29. The lowest BCUT2D eigenvalue weighted by Gasteiger charge is -2.30. The van der Waals surface area contributed by atoms with E-state index in [0.717, 1.165) is 25.9 Å². The predicted octanol–water partition coefficient (Wildman–Crippen LogP) is 3.98. The molecule has 194 valence electrons. The average Bonchev–Trinajstić information content (AvgIpc) is 3.20. The number of rotatable bonds is 5. The van der Waals surface area contributed by atoms with Gasteiger partial charge < -0.3 is 5.32 Å². The first-order valence-electron chi connectivity index (χ1n) is 13.0. The predicted molar refractivity (Wildman–Crippen MR) is 140 cm³/mol. The summed E-state index contributed by atoms with van der Waals surface area (Å²) >= 11 is 0. The first kappa shape index (κ1) is 24.2. The molecule has 2 saturated heterocycles. The molecule has 6 rings (SSSR count). The van der Waals surface area contributed by atoms with Gasteiger partial charge in [-0.1, -0.05) is 24.6 Å². The molecule has 2 fully saturated rings. The Balaban J connectivity index is 1.26. The molecule has 3 aromatic carbocycles. The molecule has 1 atom stereocenters. The van der Waals surface area contributed by atoms with Gasteiger partial charge >= 0.3 is 0 Å². The molecule has 8 nitrogen and oxygen atoms in total. The number of hydrogen-bond donors (Lipinski definition) is 2. The molecule has 3 aliphatic heterocycles. The molecule has 0 saturated carbocycles. The van der Waals surface area contributed by atoms with Gasteiger partial charge in [0.25, 0.3) is 11.8 Å². The number of likely N-dealkylation sites (tertiary alicyclic amines) is 1. The van der Waals surface area contributed by atoms with E-state index < -0.39 is 23.7 Å². The smallest absolute Gasteiger partial charge is 0.259 e. The van der Waals surface area contributed by atoms with Crippen LogP contribution in [0.25, 0.3) is 10.8 Å². The first-order valence-corrected chi connectivity index (χ1v) is 13.0. The second kappa shape index (κ2) is 9.64. The monoisotopic (exact) mass is 514 g/mol. The van der Waals surface area contributed by atoms with Crippen molar-refractivity contribution in [3.05, 3.63) is 71.0 Å². The van der Waals surface area contributed by atoms with Crippen LogP contribution in [0.2, 0.25) is 0 Å². The maximum atomic E-state index is 14.9. The van der Waals surface area contributed by atoms with Gasteiger partial charge in [-0.25, -0.2) is 4.39 Å². The fourth-order valence-electron chi connectivity index (χ4n) is 5.72. The molecule has 1 unspecified atom stereocenters. The molecule has 38 heavy (non-hydrogen) atoms. The van der Waals surface area contributed by atoms with Crippen LogP contribution in [-0.2, 0) is 16.1 Å². The van der Waals surface area contributed by atoms with E-state index in [4.69, 9.17) is 0 Å². The number of anilines is 2. The molecular weight excluding hydrogens is 487 g/mol. The maximum Gasteiger partial charge on any atom is 0.259 e. The fourth-order valence-corrected chi connectivity index (χ4v) is 5.72. The summed E-state index contributed by atoms with van der Waals surface area (Å²) in [6, 6.07) is 12.3. The Labute approximate surface area is 218 Å². The van der Waals surface area contributed by atoms with Gasteiger partial charge in [-0.2, -0.15) is 0 Å². The highest BCUT2D eigenvalue weighted by Crippen LogP contribution is 2.42. The number of carbonyl (C=O) groups is 4. The largest absolute Gasteiger partial charge is 0.321 e. The molecule has 3 heterocycles. The molecule has 0 spiro atoms. The zero-order chi connectivity index (χ0) is 26.4. The normalized spacial score (nSPS) is 19.7. The second-order valence-electron chi connectivity index (χ2n) is 10.1. The Kier molecular flexibility index (Phi) is 6.15. The number of hydrogen-bond acceptors (Lipinski definition) is 5. The van der Waals surface area contributed by atoms with Crippen LogP contribution in [0.15, 0.2) is 48.5 Å². The van der Waals surface area contributed by atoms with Crippen molar-refractivity contribution >= 4 is 45.8 Å². The highest BCUT2D eigenvalue weighted by atomic mass is 19.1. The number of benzene rings is 3. The van der Waals surface area contributed by atoms with Crippen molar-refractivity contribution in [2.75, 3.05) is 23.3 Å². The Morgan fingerprint density at radius 1 is 1.03 bits per heavy atom. The minimum Gasteiger partial charge on any atom is -0.321 e. The van der Waals surface area contributed by atoms with Crippen LogP contribution < -0.4 is 15.5 Å². The highest BCUT2D eigenvalue weighted by Gasteiger charge is 2.40. The van der Waals surface area contributed by atoms with Gasteiger partial charge in [0.2, 0.25) is 11.8 Å². The maximum absolute atomic E-state index is 14.9. The molecule has 3 aromatic rings. The number of nitrogens with one attached hydrogen (secondary N) is 2. The molecule has 3 aliphatic rings. The summed E-state index contributed by atoms with van der Waals surface area (Å²) in [5.74, 6) is -2.04. The Morgan fingerprint density at radius 3 is 2.61 bits per heavy atom. The molecule has 0 aromatic heterocycles. The van der Waals surface area contributed by atoms with E-state index >= 15 is 0 Å². The van der Waals surface area contributed by atoms with E-state index in [1.54, 1.807) is 42.5 Å². The van der Waals surface area contributed by atoms with Crippen LogP contribution in [0, 0.1) is 5.82 Å². The molecule has 2 N–H and O–H groups in total. The SMILES string of the molecule is O=C1CCC(N2C(=O)c3cccc4c(NC(=O)c5ccc(CN6CCCCC6)c(F)c5)ccc2c34)C(=O)N1. The number of halogens is 1. The van der Waals surface area contributed by atoms with Gasteiger partial charge in [-0.05, 0) is 62.7 Å². The molecule has 4 amide bonds. The van der Waals surface area contributed by atoms with Gasteiger partial charge in [0.05, 0.1) is 5.69 Å². The van der Waals surface area contributed by atoms with Crippen LogP contribution in [0.5, 0.6) is 0 Å². The number of nitrogens with zero attached hydrogens (tertiary/aromatic N) is 2. The van der Waals surface area contributed by atoms with E-state index in [1.807, 2.05) is 0 Å². The summed E-state index contributed by atoms with van der Waals surface area (Å²) in [7, 11) is 0. The van der Waals surface area contributed by atoms with Crippen molar-refractivity contribution in [1.82, 2.24) is 10.2 Å². The van der Waals surface area contributed by atoms with Crippen molar-refractivity contribution in [3.8, 4) is 0 Å². The molecular formula is C29H27FN4O4. The van der Waals surface area contributed by atoms with Crippen LogP contribution >= 0.6 is 0 Å². The number of carbonyl (C=O) groups excluding carboxylic acids is 4. The lowest BCUT2D eigenvalue weighted by molar-refractivity contribution is -0.134. The minimum atomic E-state index is -0.789. The number of piperidine rings is 2. The zero-order valence-corrected chi connectivity index (χ0v) is 20.8. The van der Waals surface area contributed by atoms with E-state index in [2.05, 4.69) is 15.5 Å². The minimum absolute atomic E-state index is 0.154. The summed E-state index contributed by atoms with van der Waals surface area (Å²) in [6.45, 7) is 2.44. The van der Waals surface area contributed by atoms with Gasteiger partial charge in [0.1, 0.15) is 11.9 Å².